The van der Waals surface area contributed by atoms with Crippen molar-refractivity contribution in [1.29, 1.82) is 0 Å². The zero-order chi connectivity index (χ0) is 17.0. The highest BCUT2D eigenvalue weighted by Gasteiger charge is 2.17. The summed E-state index contributed by atoms with van der Waals surface area (Å²) in [5.74, 6) is -0.0195. The van der Waals surface area contributed by atoms with E-state index in [1.807, 2.05) is 18.4 Å². The molecule has 4 nitrogen and oxygen atoms in total. The van der Waals surface area contributed by atoms with Gasteiger partial charge in [-0.05, 0) is 46.1 Å². The molecule has 0 aromatic carbocycles. The number of thiazole rings is 1. The zero-order valence-electron chi connectivity index (χ0n) is 14.4. The van der Waals surface area contributed by atoms with Gasteiger partial charge in [-0.3, -0.25) is 9.69 Å². The third-order valence-corrected chi connectivity index (χ3v) is 5.64. The molecular formula is C17H25N3OS2. The Labute approximate surface area is 146 Å². The first kappa shape index (κ1) is 18.1. The van der Waals surface area contributed by atoms with Crippen molar-refractivity contribution in [2.75, 3.05) is 13.1 Å². The van der Waals surface area contributed by atoms with Crippen molar-refractivity contribution in [1.82, 2.24) is 15.2 Å². The topological polar surface area (TPSA) is 45.2 Å². The molecule has 0 saturated carbocycles. The van der Waals surface area contributed by atoms with Gasteiger partial charge in [-0.15, -0.1) is 11.3 Å². The molecular weight excluding hydrogens is 326 g/mol. The van der Waals surface area contributed by atoms with Gasteiger partial charge < -0.3 is 5.32 Å². The molecule has 23 heavy (non-hydrogen) atoms. The molecule has 0 aliphatic carbocycles. The first-order valence-corrected chi connectivity index (χ1v) is 9.70. The maximum atomic E-state index is 12.4. The van der Waals surface area contributed by atoms with Crippen LogP contribution < -0.4 is 5.32 Å². The molecule has 1 amide bonds. The highest BCUT2D eigenvalue weighted by molar-refractivity contribution is 7.17. The number of nitrogens with zero attached hydrogens (tertiary/aromatic N) is 2. The molecule has 0 atom stereocenters. The number of amides is 1. The Morgan fingerprint density at radius 2 is 2.00 bits per heavy atom. The summed E-state index contributed by atoms with van der Waals surface area (Å²) in [4.78, 5) is 20.0. The number of carbonyl (C=O) groups excluding carboxylic acids is 1. The minimum atomic E-state index is -0.0195. The molecule has 6 heteroatoms. The van der Waals surface area contributed by atoms with Crippen molar-refractivity contribution in [2.24, 2.45) is 0 Å². The van der Waals surface area contributed by atoms with Crippen LogP contribution in [0.3, 0.4) is 0 Å². The lowest BCUT2D eigenvalue weighted by atomic mass is 10.2. The second-order valence-corrected chi connectivity index (χ2v) is 7.91. The molecule has 0 unspecified atom stereocenters. The van der Waals surface area contributed by atoms with Gasteiger partial charge in [-0.25, -0.2) is 4.98 Å². The quantitative estimate of drug-likeness (QED) is 0.819. The molecule has 126 valence electrons. The lowest BCUT2D eigenvalue weighted by Gasteiger charge is -2.30. The lowest BCUT2D eigenvalue weighted by molar-refractivity contribution is 0.0942. The van der Waals surface area contributed by atoms with E-state index in [4.69, 9.17) is 0 Å². The number of carbonyl (C=O) groups is 1. The van der Waals surface area contributed by atoms with Gasteiger partial charge in [0.05, 0.1) is 5.69 Å². The summed E-state index contributed by atoms with van der Waals surface area (Å²) >= 11 is 3.11. The van der Waals surface area contributed by atoms with Crippen LogP contribution in [0.4, 0.5) is 0 Å². The number of hydrogen-bond acceptors (Lipinski definition) is 5. The minimum absolute atomic E-state index is 0.0195. The number of hydrogen-bond donors (Lipinski definition) is 1. The van der Waals surface area contributed by atoms with Crippen LogP contribution in [0, 0.1) is 6.92 Å². The smallest absolute Gasteiger partial charge is 0.263 e. The Morgan fingerprint density at radius 3 is 2.57 bits per heavy atom. The molecule has 0 aliphatic heterocycles. The third-order valence-electron chi connectivity index (χ3n) is 3.75. The van der Waals surface area contributed by atoms with E-state index in [0.717, 1.165) is 22.8 Å². The van der Waals surface area contributed by atoms with E-state index in [-0.39, 0.29) is 5.91 Å². The molecule has 0 aliphatic rings. The molecule has 2 heterocycles. The summed E-state index contributed by atoms with van der Waals surface area (Å²) < 4.78 is 0. The molecule has 2 aromatic rings. The second-order valence-electron chi connectivity index (χ2n) is 6.13. The van der Waals surface area contributed by atoms with E-state index < -0.39 is 0 Å². The highest BCUT2D eigenvalue weighted by Crippen LogP contribution is 2.29. The first-order chi connectivity index (χ1) is 10.9. The first-order valence-electron chi connectivity index (χ1n) is 7.94. The van der Waals surface area contributed by atoms with Gasteiger partial charge in [-0.2, -0.15) is 11.3 Å². The van der Waals surface area contributed by atoms with Gasteiger partial charge in [0, 0.05) is 36.1 Å². The van der Waals surface area contributed by atoms with Crippen molar-refractivity contribution in [2.45, 2.75) is 46.7 Å². The van der Waals surface area contributed by atoms with Gasteiger partial charge in [0.2, 0.25) is 0 Å². The van der Waals surface area contributed by atoms with E-state index >= 15 is 0 Å². The highest BCUT2D eigenvalue weighted by atomic mass is 32.1. The summed E-state index contributed by atoms with van der Waals surface area (Å²) in [6.07, 6.45) is 0. The number of nitrogens with one attached hydrogen (secondary N) is 1. The predicted molar refractivity (Wildman–Crippen MR) is 99.5 cm³/mol. The molecule has 2 aromatic heterocycles. The number of aryl methyl sites for hydroxylation is 1. The fourth-order valence-electron chi connectivity index (χ4n) is 2.61. The Bertz CT molecular complexity index is 624. The van der Waals surface area contributed by atoms with Crippen LogP contribution in [0.5, 0.6) is 0 Å². The molecule has 2 rings (SSSR count). The standard InChI is InChI=1S/C17H25N3OS2/c1-11(2)20(12(3)4)8-7-18-16(21)15-13(5)19-17(23-15)14-6-9-22-10-14/h6,9-12H,7-8H2,1-5H3,(H,18,21). The molecule has 1 N–H and O–H groups in total. The summed E-state index contributed by atoms with van der Waals surface area (Å²) in [5.41, 5.74) is 1.89. The average Bonchev–Trinajstić information content (AvgIpc) is 3.11. The monoisotopic (exact) mass is 351 g/mol. The number of thiophene rings is 1. The summed E-state index contributed by atoms with van der Waals surface area (Å²) in [6.45, 7) is 12.1. The van der Waals surface area contributed by atoms with E-state index in [1.165, 1.54) is 11.3 Å². The van der Waals surface area contributed by atoms with Gasteiger partial charge in [0.1, 0.15) is 9.88 Å². The van der Waals surface area contributed by atoms with E-state index in [0.29, 0.717) is 23.5 Å². The normalized spacial score (nSPS) is 11.7. The molecule has 0 spiro atoms. The Balaban J connectivity index is 1.96. The zero-order valence-corrected chi connectivity index (χ0v) is 16.1. The second kappa shape index (κ2) is 8.04. The maximum absolute atomic E-state index is 12.4. The van der Waals surface area contributed by atoms with Crippen molar-refractivity contribution >= 4 is 28.6 Å². The van der Waals surface area contributed by atoms with Crippen LogP contribution >= 0.6 is 22.7 Å². The summed E-state index contributed by atoms with van der Waals surface area (Å²) in [7, 11) is 0. The van der Waals surface area contributed by atoms with E-state index in [1.54, 1.807) is 11.3 Å². The average molecular weight is 352 g/mol. The molecule has 0 bridgehead atoms. The van der Waals surface area contributed by atoms with Gasteiger partial charge in [0.15, 0.2) is 0 Å². The van der Waals surface area contributed by atoms with Gasteiger partial charge in [0.25, 0.3) is 5.91 Å². The predicted octanol–water partition coefficient (Wildman–Crippen LogP) is 4.03. The van der Waals surface area contributed by atoms with Crippen molar-refractivity contribution < 1.29 is 4.79 Å². The van der Waals surface area contributed by atoms with Crippen molar-refractivity contribution in [3.63, 3.8) is 0 Å². The lowest BCUT2D eigenvalue weighted by Crippen LogP contribution is -2.42. The SMILES string of the molecule is Cc1nc(-c2ccsc2)sc1C(=O)NCCN(C(C)C)C(C)C. The Morgan fingerprint density at radius 1 is 1.30 bits per heavy atom. The maximum Gasteiger partial charge on any atom is 0.263 e. The van der Waals surface area contributed by atoms with Crippen LogP contribution in [0.2, 0.25) is 0 Å². The number of aromatic nitrogens is 1. The van der Waals surface area contributed by atoms with Crippen LogP contribution in [-0.4, -0.2) is 41.0 Å². The van der Waals surface area contributed by atoms with Crippen molar-refractivity contribution in [3.05, 3.63) is 27.4 Å². The van der Waals surface area contributed by atoms with Crippen LogP contribution in [0.15, 0.2) is 16.8 Å². The molecule has 0 fully saturated rings. The fraction of sp³-hybridized carbons (Fsp3) is 0.529. The van der Waals surface area contributed by atoms with Crippen LogP contribution in [0.25, 0.3) is 10.6 Å². The van der Waals surface area contributed by atoms with Crippen LogP contribution in [-0.2, 0) is 0 Å². The van der Waals surface area contributed by atoms with E-state index in [2.05, 4.69) is 48.3 Å². The summed E-state index contributed by atoms with van der Waals surface area (Å²) in [6, 6.07) is 2.98. The van der Waals surface area contributed by atoms with Gasteiger partial charge in [-0.1, -0.05) is 0 Å². The van der Waals surface area contributed by atoms with Gasteiger partial charge >= 0.3 is 0 Å². The molecule has 0 radical (unpaired) electrons. The fourth-order valence-corrected chi connectivity index (χ4v) is 4.30. The largest absolute Gasteiger partial charge is 0.350 e. The number of rotatable bonds is 7. The summed E-state index contributed by atoms with van der Waals surface area (Å²) in [5, 5.41) is 8.03. The Hall–Kier alpha value is -1.24. The van der Waals surface area contributed by atoms with E-state index in [9.17, 15) is 4.79 Å². The minimum Gasteiger partial charge on any atom is -0.350 e. The Kier molecular flexibility index (Phi) is 6.33. The molecule has 0 saturated heterocycles. The van der Waals surface area contributed by atoms with Crippen molar-refractivity contribution in [3.8, 4) is 10.6 Å². The third kappa shape index (κ3) is 4.62. The van der Waals surface area contributed by atoms with Crippen LogP contribution in [0.1, 0.15) is 43.1 Å².